The Kier molecular flexibility index (Phi) is 3.90. The van der Waals surface area contributed by atoms with Crippen LogP contribution < -0.4 is 5.73 Å². The van der Waals surface area contributed by atoms with Crippen LogP contribution in [-0.2, 0) is 13.0 Å². The Morgan fingerprint density at radius 3 is 2.76 bits per heavy atom. The van der Waals surface area contributed by atoms with E-state index in [9.17, 15) is 0 Å². The zero-order valence-corrected chi connectivity index (χ0v) is 12.5. The van der Waals surface area contributed by atoms with Gasteiger partial charge in [0.15, 0.2) is 0 Å². The molecule has 0 bridgehead atoms. The van der Waals surface area contributed by atoms with Gasteiger partial charge in [0, 0.05) is 42.2 Å². The molecule has 0 unspecified atom stereocenters. The molecule has 0 atom stereocenters. The second-order valence-corrected chi connectivity index (χ2v) is 5.57. The maximum absolute atomic E-state index is 5.96. The highest BCUT2D eigenvalue weighted by molar-refractivity contribution is 6.30. The SMILES string of the molecule is C=CCN1CCc2nc(N)nc(-c3ccc(Cl)cc3)c2C1. The lowest BCUT2D eigenvalue weighted by Gasteiger charge is -2.28. The molecule has 0 saturated heterocycles. The van der Waals surface area contributed by atoms with Gasteiger partial charge in [-0.25, -0.2) is 9.97 Å². The molecule has 0 saturated carbocycles. The zero-order valence-electron chi connectivity index (χ0n) is 11.7. The molecule has 108 valence electrons. The molecule has 1 aliphatic heterocycles. The Balaban J connectivity index is 2.06. The van der Waals surface area contributed by atoms with Crippen molar-refractivity contribution in [2.24, 2.45) is 0 Å². The van der Waals surface area contributed by atoms with Crippen molar-refractivity contribution >= 4 is 17.5 Å². The summed E-state index contributed by atoms with van der Waals surface area (Å²) in [5.41, 5.74) is 9.99. The van der Waals surface area contributed by atoms with E-state index in [0.29, 0.717) is 11.0 Å². The fourth-order valence-electron chi connectivity index (χ4n) is 2.67. The number of hydrogen-bond donors (Lipinski definition) is 1. The number of nitrogens with two attached hydrogens (primary N) is 1. The van der Waals surface area contributed by atoms with E-state index in [4.69, 9.17) is 17.3 Å². The van der Waals surface area contributed by atoms with Crippen LogP contribution in [0.4, 0.5) is 5.95 Å². The van der Waals surface area contributed by atoms with Gasteiger partial charge in [-0.3, -0.25) is 4.90 Å². The fraction of sp³-hybridized carbons (Fsp3) is 0.250. The number of nitrogen functional groups attached to an aromatic ring is 1. The first-order valence-corrected chi connectivity index (χ1v) is 7.29. The van der Waals surface area contributed by atoms with E-state index in [0.717, 1.165) is 48.6 Å². The lowest BCUT2D eigenvalue weighted by Crippen LogP contribution is -2.32. The number of fused-ring (bicyclic) bond motifs is 1. The zero-order chi connectivity index (χ0) is 14.8. The van der Waals surface area contributed by atoms with Gasteiger partial charge in [-0.15, -0.1) is 6.58 Å². The summed E-state index contributed by atoms with van der Waals surface area (Å²) >= 11 is 5.96. The number of benzene rings is 1. The van der Waals surface area contributed by atoms with Gasteiger partial charge in [0.25, 0.3) is 0 Å². The maximum Gasteiger partial charge on any atom is 0.220 e. The Hall–Kier alpha value is -1.91. The van der Waals surface area contributed by atoms with Gasteiger partial charge in [0.1, 0.15) is 0 Å². The normalized spacial score (nSPS) is 14.7. The molecule has 1 aromatic heterocycles. The minimum Gasteiger partial charge on any atom is -0.368 e. The highest BCUT2D eigenvalue weighted by Gasteiger charge is 2.22. The lowest BCUT2D eigenvalue weighted by molar-refractivity contribution is 0.279. The van der Waals surface area contributed by atoms with Gasteiger partial charge in [-0.05, 0) is 12.1 Å². The Labute approximate surface area is 129 Å². The first-order valence-electron chi connectivity index (χ1n) is 6.92. The minimum absolute atomic E-state index is 0.330. The number of nitrogens with zero attached hydrogens (tertiary/aromatic N) is 3. The van der Waals surface area contributed by atoms with E-state index in [1.165, 1.54) is 0 Å². The number of rotatable bonds is 3. The molecule has 3 rings (SSSR count). The third-order valence-corrected chi connectivity index (χ3v) is 3.91. The molecule has 0 amide bonds. The molecule has 0 aliphatic carbocycles. The van der Waals surface area contributed by atoms with Crippen molar-refractivity contribution < 1.29 is 0 Å². The van der Waals surface area contributed by atoms with Crippen LogP contribution in [0.5, 0.6) is 0 Å². The molecule has 4 nitrogen and oxygen atoms in total. The second-order valence-electron chi connectivity index (χ2n) is 5.14. The maximum atomic E-state index is 5.96. The van der Waals surface area contributed by atoms with E-state index >= 15 is 0 Å². The number of anilines is 1. The molecule has 0 fully saturated rings. The van der Waals surface area contributed by atoms with Crippen molar-refractivity contribution in [1.82, 2.24) is 14.9 Å². The molecule has 0 radical (unpaired) electrons. The third-order valence-electron chi connectivity index (χ3n) is 3.66. The Morgan fingerprint density at radius 1 is 1.29 bits per heavy atom. The Bertz CT molecular complexity index is 667. The number of aromatic nitrogens is 2. The fourth-order valence-corrected chi connectivity index (χ4v) is 2.80. The summed E-state index contributed by atoms with van der Waals surface area (Å²) < 4.78 is 0. The molecule has 2 heterocycles. The van der Waals surface area contributed by atoms with E-state index in [2.05, 4.69) is 21.4 Å². The first-order chi connectivity index (χ1) is 10.2. The summed E-state index contributed by atoms with van der Waals surface area (Å²) in [5.74, 6) is 0.330. The predicted molar refractivity (Wildman–Crippen MR) is 86.1 cm³/mol. The first kappa shape index (κ1) is 14.0. The highest BCUT2D eigenvalue weighted by atomic mass is 35.5. The molecule has 1 aromatic carbocycles. The largest absolute Gasteiger partial charge is 0.368 e. The van der Waals surface area contributed by atoms with Gasteiger partial charge < -0.3 is 5.73 Å². The summed E-state index contributed by atoms with van der Waals surface area (Å²) in [5, 5.41) is 0.711. The molecule has 2 aromatic rings. The molecule has 0 spiro atoms. The van der Waals surface area contributed by atoms with Gasteiger partial charge in [-0.1, -0.05) is 29.8 Å². The van der Waals surface area contributed by atoms with Crippen molar-refractivity contribution in [2.75, 3.05) is 18.8 Å². The van der Waals surface area contributed by atoms with Crippen molar-refractivity contribution in [3.63, 3.8) is 0 Å². The average Bonchev–Trinajstić information content (AvgIpc) is 2.48. The second kappa shape index (κ2) is 5.84. The van der Waals surface area contributed by atoms with Crippen LogP contribution in [-0.4, -0.2) is 28.0 Å². The van der Waals surface area contributed by atoms with Gasteiger partial charge in [0.05, 0.1) is 11.4 Å². The van der Waals surface area contributed by atoms with Gasteiger partial charge in [0.2, 0.25) is 5.95 Å². The standard InChI is InChI=1S/C16H17ClN4/c1-2-8-21-9-7-14-13(10-21)15(20-16(18)19-14)11-3-5-12(17)6-4-11/h2-6H,1,7-10H2,(H2,18,19,20). The summed E-state index contributed by atoms with van der Waals surface area (Å²) in [7, 11) is 0. The van der Waals surface area contributed by atoms with Crippen LogP contribution >= 0.6 is 11.6 Å². The summed E-state index contributed by atoms with van der Waals surface area (Å²) in [6.45, 7) is 6.46. The van der Waals surface area contributed by atoms with E-state index < -0.39 is 0 Å². The van der Waals surface area contributed by atoms with Crippen LogP contribution in [0.15, 0.2) is 36.9 Å². The quantitative estimate of drug-likeness (QED) is 0.886. The third kappa shape index (κ3) is 2.91. The van der Waals surface area contributed by atoms with Crippen LogP contribution in [0.25, 0.3) is 11.3 Å². The molecule has 1 aliphatic rings. The van der Waals surface area contributed by atoms with E-state index in [1.807, 2.05) is 30.3 Å². The summed E-state index contributed by atoms with van der Waals surface area (Å²) in [6, 6.07) is 7.67. The van der Waals surface area contributed by atoms with Crippen molar-refractivity contribution in [3.05, 3.63) is 53.2 Å². The van der Waals surface area contributed by atoms with Crippen LogP contribution in [0.2, 0.25) is 5.02 Å². The molecule has 5 heteroatoms. The van der Waals surface area contributed by atoms with Crippen molar-refractivity contribution in [2.45, 2.75) is 13.0 Å². The summed E-state index contributed by atoms with van der Waals surface area (Å²) in [6.07, 6.45) is 2.81. The van der Waals surface area contributed by atoms with Gasteiger partial charge >= 0.3 is 0 Å². The molecular formula is C16H17ClN4. The Morgan fingerprint density at radius 2 is 2.05 bits per heavy atom. The van der Waals surface area contributed by atoms with E-state index in [1.54, 1.807) is 0 Å². The monoisotopic (exact) mass is 300 g/mol. The number of hydrogen-bond acceptors (Lipinski definition) is 4. The molecular weight excluding hydrogens is 284 g/mol. The van der Waals surface area contributed by atoms with Crippen LogP contribution in [0.3, 0.4) is 0 Å². The topological polar surface area (TPSA) is 55.0 Å². The van der Waals surface area contributed by atoms with Crippen molar-refractivity contribution in [1.29, 1.82) is 0 Å². The van der Waals surface area contributed by atoms with Gasteiger partial charge in [-0.2, -0.15) is 0 Å². The minimum atomic E-state index is 0.330. The molecule has 2 N–H and O–H groups in total. The predicted octanol–water partition coefficient (Wildman–Crippen LogP) is 2.92. The highest BCUT2D eigenvalue weighted by Crippen LogP contribution is 2.29. The smallest absolute Gasteiger partial charge is 0.220 e. The van der Waals surface area contributed by atoms with Crippen LogP contribution in [0.1, 0.15) is 11.3 Å². The average molecular weight is 301 g/mol. The number of halogens is 1. The summed E-state index contributed by atoms with van der Waals surface area (Å²) in [4.78, 5) is 11.2. The molecule has 21 heavy (non-hydrogen) atoms. The van der Waals surface area contributed by atoms with Crippen LogP contribution in [0, 0.1) is 0 Å². The van der Waals surface area contributed by atoms with Crippen molar-refractivity contribution in [3.8, 4) is 11.3 Å². The lowest BCUT2D eigenvalue weighted by atomic mass is 9.99. The van der Waals surface area contributed by atoms with E-state index in [-0.39, 0.29) is 0 Å².